The van der Waals surface area contributed by atoms with Gasteiger partial charge in [0.15, 0.2) is 5.60 Å². The van der Waals surface area contributed by atoms with Crippen molar-refractivity contribution in [1.82, 2.24) is 4.90 Å². The molecular formula is C28H37NO10. The molecule has 11 nitrogen and oxygen atoms in total. The fraction of sp³-hybridized carbons (Fsp3) is 0.464. The molecule has 0 bridgehead atoms. The van der Waals surface area contributed by atoms with Gasteiger partial charge in [-0.25, -0.2) is 4.79 Å². The summed E-state index contributed by atoms with van der Waals surface area (Å²) >= 11 is 0. The van der Waals surface area contributed by atoms with Gasteiger partial charge in [-0.3, -0.25) is 14.5 Å². The van der Waals surface area contributed by atoms with Crippen LogP contribution in [0.1, 0.15) is 50.7 Å². The molecule has 1 aliphatic heterocycles. The fourth-order valence-electron chi connectivity index (χ4n) is 4.34. The highest BCUT2D eigenvalue weighted by Crippen LogP contribution is 2.38. The molecule has 11 heteroatoms. The number of ether oxygens (including phenoxy) is 2. The minimum atomic E-state index is -2.74. The minimum absolute atomic E-state index is 0.177. The molecule has 0 radical (unpaired) electrons. The van der Waals surface area contributed by atoms with Gasteiger partial charge < -0.3 is 35.0 Å². The Morgan fingerprint density at radius 3 is 2.08 bits per heavy atom. The van der Waals surface area contributed by atoms with Gasteiger partial charge in [-0.05, 0) is 50.5 Å². The standard InChI is InChI=1S/C22H29NO3.C6H8O7/c1-17(2)26-19-8-6-7-18(15-19)16-23-13-11-22(24,12-14-23)20-9-4-5-10-21(20)25-3;7-3(8)1-6(13,5(11)12)2-4(9)10/h4-10,15,17,24H,11-14,16H2,1-3H3;13H,1-2H2,(H,7,8)(H,9,10)(H,11,12). The summed E-state index contributed by atoms with van der Waals surface area (Å²) in [5, 5.41) is 45.0. The summed E-state index contributed by atoms with van der Waals surface area (Å²) in [7, 11) is 1.66. The first-order valence-corrected chi connectivity index (χ1v) is 12.5. The molecule has 2 aromatic carbocycles. The number of benzene rings is 2. The van der Waals surface area contributed by atoms with Crippen LogP contribution in [0.25, 0.3) is 0 Å². The average Bonchev–Trinajstić information content (AvgIpc) is 2.85. The number of carboxylic acids is 3. The van der Waals surface area contributed by atoms with E-state index in [1.54, 1.807) is 7.11 Å². The molecule has 1 heterocycles. The molecule has 2 aromatic rings. The Hall–Kier alpha value is -3.67. The summed E-state index contributed by atoms with van der Waals surface area (Å²) in [6, 6.07) is 16.1. The second-order valence-corrected chi connectivity index (χ2v) is 9.80. The van der Waals surface area contributed by atoms with Crippen molar-refractivity contribution in [2.45, 2.75) is 63.4 Å². The van der Waals surface area contributed by atoms with Crippen LogP contribution in [0.2, 0.25) is 0 Å². The van der Waals surface area contributed by atoms with E-state index in [2.05, 4.69) is 17.0 Å². The molecule has 1 saturated heterocycles. The van der Waals surface area contributed by atoms with Crippen LogP contribution in [0.3, 0.4) is 0 Å². The number of likely N-dealkylation sites (tertiary alicyclic amines) is 1. The van der Waals surface area contributed by atoms with Crippen molar-refractivity contribution >= 4 is 17.9 Å². The molecule has 214 valence electrons. The zero-order valence-corrected chi connectivity index (χ0v) is 22.4. The molecule has 0 aromatic heterocycles. The zero-order chi connectivity index (χ0) is 29.2. The van der Waals surface area contributed by atoms with Gasteiger partial charge in [-0.1, -0.05) is 30.3 Å². The molecule has 0 atom stereocenters. The summed E-state index contributed by atoms with van der Waals surface area (Å²) in [5.74, 6) is -3.34. The van der Waals surface area contributed by atoms with Gasteiger partial charge >= 0.3 is 17.9 Å². The molecular weight excluding hydrogens is 510 g/mol. The minimum Gasteiger partial charge on any atom is -0.496 e. The quantitative estimate of drug-likeness (QED) is 0.280. The highest BCUT2D eigenvalue weighted by molar-refractivity contribution is 5.88. The van der Waals surface area contributed by atoms with Crippen LogP contribution in [-0.2, 0) is 26.5 Å². The Balaban J connectivity index is 0.000000349. The third-order valence-electron chi connectivity index (χ3n) is 6.25. The number of methoxy groups -OCH3 is 1. The normalized spacial score (nSPS) is 15.1. The van der Waals surface area contributed by atoms with Crippen LogP contribution >= 0.6 is 0 Å². The number of nitrogens with zero attached hydrogens (tertiary/aromatic N) is 1. The number of aliphatic carboxylic acids is 3. The largest absolute Gasteiger partial charge is 0.496 e. The number of hydrogen-bond acceptors (Lipinski definition) is 8. The first kappa shape index (κ1) is 31.5. The highest BCUT2D eigenvalue weighted by Gasteiger charge is 2.41. The maximum atomic E-state index is 11.2. The number of piperidine rings is 1. The maximum absolute atomic E-state index is 11.2. The molecule has 0 spiro atoms. The SMILES string of the molecule is COc1ccccc1C1(O)CCN(Cc2cccc(OC(C)C)c2)CC1.O=C(O)CC(O)(CC(=O)O)C(=O)O. The third kappa shape index (κ3) is 9.54. The van der Waals surface area contributed by atoms with Crippen LogP contribution in [0.5, 0.6) is 11.5 Å². The number of carboxylic acid groups (broad SMARTS) is 3. The highest BCUT2D eigenvalue weighted by atomic mass is 16.5. The molecule has 0 saturated carbocycles. The molecule has 0 amide bonds. The Labute approximate surface area is 227 Å². The Kier molecular flexibility index (Phi) is 11.3. The van der Waals surface area contributed by atoms with E-state index in [1.165, 1.54) is 5.56 Å². The fourth-order valence-corrected chi connectivity index (χ4v) is 4.34. The van der Waals surface area contributed by atoms with E-state index in [0.717, 1.165) is 36.7 Å². The molecule has 39 heavy (non-hydrogen) atoms. The van der Waals surface area contributed by atoms with Gasteiger partial charge in [0.2, 0.25) is 0 Å². The second-order valence-electron chi connectivity index (χ2n) is 9.80. The Bertz CT molecular complexity index is 1110. The van der Waals surface area contributed by atoms with Gasteiger partial charge in [0.25, 0.3) is 0 Å². The van der Waals surface area contributed by atoms with Gasteiger partial charge in [-0.15, -0.1) is 0 Å². The molecule has 1 aliphatic rings. The molecule has 0 aliphatic carbocycles. The van der Waals surface area contributed by atoms with Crippen LogP contribution in [0.15, 0.2) is 48.5 Å². The lowest BCUT2D eigenvalue weighted by molar-refractivity contribution is -0.170. The van der Waals surface area contributed by atoms with E-state index in [-0.39, 0.29) is 6.10 Å². The van der Waals surface area contributed by atoms with E-state index >= 15 is 0 Å². The number of para-hydroxylation sites is 1. The van der Waals surface area contributed by atoms with Crippen molar-refractivity contribution in [3.8, 4) is 11.5 Å². The first-order valence-electron chi connectivity index (χ1n) is 12.5. The van der Waals surface area contributed by atoms with E-state index in [9.17, 15) is 19.5 Å². The van der Waals surface area contributed by atoms with E-state index in [0.29, 0.717) is 12.8 Å². The average molecular weight is 548 g/mol. The van der Waals surface area contributed by atoms with Crippen LogP contribution in [0.4, 0.5) is 0 Å². The van der Waals surface area contributed by atoms with Gasteiger partial charge in [-0.2, -0.15) is 0 Å². The summed E-state index contributed by atoms with van der Waals surface area (Å²) < 4.78 is 11.2. The first-order chi connectivity index (χ1) is 18.3. The molecule has 0 unspecified atom stereocenters. The number of hydrogen-bond donors (Lipinski definition) is 5. The number of carbonyl (C=O) groups is 3. The predicted molar refractivity (Wildman–Crippen MR) is 141 cm³/mol. The van der Waals surface area contributed by atoms with Gasteiger partial charge in [0.05, 0.1) is 31.7 Å². The van der Waals surface area contributed by atoms with Crippen molar-refractivity contribution in [3.63, 3.8) is 0 Å². The van der Waals surface area contributed by atoms with E-state index in [1.807, 2.05) is 50.2 Å². The van der Waals surface area contributed by atoms with Gasteiger partial charge in [0, 0.05) is 25.2 Å². The molecule has 5 N–H and O–H groups in total. The molecule has 1 fully saturated rings. The monoisotopic (exact) mass is 547 g/mol. The summed E-state index contributed by atoms with van der Waals surface area (Å²) in [6.07, 6.45) is -0.704. The lowest BCUT2D eigenvalue weighted by Gasteiger charge is -2.39. The van der Waals surface area contributed by atoms with Crippen LogP contribution in [-0.4, -0.2) is 80.2 Å². The Morgan fingerprint density at radius 2 is 1.56 bits per heavy atom. The smallest absolute Gasteiger partial charge is 0.336 e. The van der Waals surface area contributed by atoms with Crippen molar-refractivity contribution in [2.24, 2.45) is 0 Å². The summed E-state index contributed by atoms with van der Waals surface area (Å²) in [6.45, 7) is 6.65. The lowest BCUT2D eigenvalue weighted by Crippen LogP contribution is -2.42. The third-order valence-corrected chi connectivity index (χ3v) is 6.25. The van der Waals surface area contributed by atoms with Crippen LogP contribution in [0, 0.1) is 0 Å². The van der Waals surface area contributed by atoms with Crippen molar-refractivity contribution in [2.75, 3.05) is 20.2 Å². The number of rotatable bonds is 11. The lowest BCUT2D eigenvalue weighted by atomic mass is 9.84. The van der Waals surface area contributed by atoms with Crippen molar-refractivity contribution < 1.29 is 49.4 Å². The van der Waals surface area contributed by atoms with Gasteiger partial charge in [0.1, 0.15) is 11.5 Å². The number of aliphatic hydroxyl groups is 2. The summed E-state index contributed by atoms with van der Waals surface area (Å²) in [5.41, 5.74) is -1.41. The maximum Gasteiger partial charge on any atom is 0.336 e. The zero-order valence-electron chi connectivity index (χ0n) is 22.4. The van der Waals surface area contributed by atoms with Crippen molar-refractivity contribution in [3.05, 3.63) is 59.7 Å². The predicted octanol–water partition coefficient (Wildman–Crippen LogP) is 2.72. The molecule has 3 rings (SSSR count). The Morgan fingerprint density at radius 1 is 0.974 bits per heavy atom. The van der Waals surface area contributed by atoms with Crippen molar-refractivity contribution in [1.29, 1.82) is 0 Å². The summed E-state index contributed by atoms with van der Waals surface area (Å²) in [4.78, 5) is 32.9. The second kappa shape index (κ2) is 13.9. The van der Waals surface area contributed by atoms with E-state index in [4.69, 9.17) is 29.9 Å². The van der Waals surface area contributed by atoms with Crippen LogP contribution < -0.4 is 9.47 Å². The van der Waals surface area contributed by atoms with E-state index < -0.39 is 42.0 Å². The topological polar surface area (TPSA) is 174 Å².